The maximum Gasteiger partial charge on any atom is 0.311 e. The third kappa shape index (κ3) is 2.45. The number of carboxylic acids is 1. The summed E-state index contributed by atoms with van der Waals surface area (Å²) in [6.07, 6.45) is 6.67. The number of hydrogen-bond donors (Lipinski definition) is 2. The second kappa shape index (κ2) is 4.31. The molecule has 2 fully saturated rings. The van der Waals surface area contributed by atoms with Crippen molar-refractivity contribution in [1.82, 2.24) is 5.32 Å². The molecule has 0 aromatic heterocycles. The molecule has 2 aliphatic carbocycles. The summed E-state index contributed by atoms with van der Waals surface area (Å²) >= 11 is 0. The Labute approximate surface area is 102 Å². The Balaban J connectivity index is 1.87. The number of hydrogen-bond acceptors (Lipinski definition) is 2. The van der Waals surface area contributed by atoms with E-state index in [9.17, 15) is 9.59 Å². The molecule has 2 N–H and O–H groups in total. The second-order valence-electron chi connectivity index (χ2n) is 5.89. The van der Waals surface area contributed by atoms with E-state index in [-0.39, 0.29) is 11.3 Å². The first-order valence-electron chi connectivity index (χ1n) is 6.50. The van der Waals surface area contributed by atoms with Gasteiger partial charge in [0.25, 0.3) is 0 Å². The first-order valence-corrected chi connectivity index (χ1v) is 6.50. The van der Waals surface area contributed by atoms with E-state index in [2.05, 4.69) is 5.32 Å². The van der Waals surface area contributed by atoms with Crippen molar-refractivity contribution < 1.29 is 14.7 Å². The van der Waals surface area contributed by atoms with E-state index in [1.165, 1.54) is 6.42 Å². The summed E-state index contributed by atoms with van der Waals surface area (Å²) in [5, 5.41) is 11.9. The molecule has 0 aromatic rings. The van der Waals surface area contributed by atoms with Crippen LogP contribution in [0, 0.1) is 10.8 Å². The molecule has 0 bridgehead atoms. The van der Waals surface area contributed by atoms with Gasteiger partial charge in [-0.3, -0.25) is 9.59 Å². The summed E-state index contributed by atoms with van der Waals surface area (Å²) in [6.45, 7) is 2.30. The predicted molar refractivity (Wildman–Crippen MR) is 63.5 cm³/mol. The average Bonchev–Trinajstić information content (AvgIpc) is 3.08. The monoisotopic (exact) mass is 239 g/mol. The van der Waals surface area contributed by atoms with Gasteiger partial charge in [-0.25, -0.2) is 0 Å². The van der Waals surface area contributed by atoms with Crippen molar-refractivity contribution in [2.45, 2.75) is 51.9 Å². The van der Waals surface area contributed by atoms with Crippen LogP contribution in [0.15, 0.2) is 0 Å². The number of aliphatic carboxylic acids is 1. The van der Waals surface area contributed by atoms with Crippen molar-refractivity contribution in [2.75, 3.05) is 6.54 Å². The largest absolute Gasteiger partial charge is 0.481 e. The Hall–Kier alpha value is -1.06. The number of carbonyl (C=O) groups excluding carboxylic acids is 1. The van der Waals surface area contributed by atoms with Gasteiger partial charge in [0.1, 0.15) is 0 Å². The van der Waals surface area contributed by atoms with Crippen LogP contribution in [-0.2, 0) is 9.59 Å². The van der Waals surface area contributed by atoms with Crippen molar-refractivity contribution in [1.29, 1.82) is 0 Å². The van der Waals surface area contributed by atoms with Gasteiger partial charge in [-0.1, -0.05) is 26.2 Å². The minimum atomic E-state index is -0.772. The lowest BCUT2D eigenvalue weighted by atomic mass is 9.75. The highest BCUT2D eigenvalue weighted by molar-refractivity contribution is 5.84. The minimum Gasteiger partial charge on any atom is -0.481 e. The predicted octanol–water partition coefficient (Wildman–Crippen LogP) is 1.94. The van der Waals surface area contributed by atoms with E-state index in [0.717, 1.165) is 25.7 Å². The maximum atomic E-state index is 12.1. The van der Waals surface area contributed by atoms with Crippen LogP contribution in [0.2, 0.25) is 0 Å². The molecule has 0 heterocycles. The van der Waals surface area contributed by atoms with Crippen LogP contribution < -0.4 is 5.32 Å². The van der Waals surface area contributed by atoms with E-state index in [4.69, 9.17) is 5.11 Å². The molecule has 2 aliphatic rings. The van der Waals surface area contributed by atoms with Gasteiger partial charge < -0.3 is 10.4 Å². The molecule has 0 radical (unpaired) electrons. The molecule has 2 saturated carbocycles. The van der Waals surface area contributed by atoms with Gasteiger partial charge in [0.05, 0.1) is 5.41 Å². The van der Waals surface area contributed by atoms with E-state index < -0.39 is 11.4 Å². The van der Waals surface area contributed by atoms with Crippen molar-refractivity contribution in [2.24, 2.45) is 10.8 Å². The van der Waals surface area contributed by atoms with Crippen LogP contribution >= 0.6 is 0 Å². The molecule has 0 atom stereocenters. The summed E-state index contributed by atoms with van der Waals surface area (Å²) in [7, 11) is 0. The van der Waals surface area contributed by atoms with Gasteiger partial charge in [-0.2, -0.15) is 0 Å². The zero-order valence-electron chi connectivity index (χ0n) is 10.4. The van der Waals surface area contributed by atoms with Gasteiger partial charge >= 0.3 is 5.97 Å². The molecule has 96 valence electrons. The topological polar surface area (TPSA) is 66.4 Å². The third-order valence-corrected chi connectivity index (χ3v) is 4.40. The van der Waals surface area contributed by atoms with Gasteiger partial charge in [0, 0.05) is 12.0 Å². The van der Waals surface area contributed by atoms with Crippen LogP contribution in [0.1, 0.15) is 51.9 Å². The second-order valence-corrected chi connectivity index (χ2v) is 5.89. The van der Waals surface area contributed by atoms with Crippen LogP contribution in [0.5, 0.6) is 0 Å². The Kier molecular flexibility index (Phi) is 3.15. The van der Waals surface area contributed by atoms with Gasteiger partial charge in [0.15, 0.2) is 0 Å². The van der Waals surface area contributed by atoms with Crippen LogP contribution in [0.25, 0.3) is 0 Å². The fourth-order valence-corrected chi connectivity index (χ4v) is 2.64. The molecule has 17 heavy (non-hydrogen) atoms. The summed E-state index contributed by atoms with van der Waals surface area (Å²) in [4.78, 5) is 23.1. The van der Waals surface area contributed by atoms with Crippen molar-refractivity contribution in [3.05, 3.63) is 0 Å². The molecule has 0 aromatic carbocycles. The Morgan fingerprint density at radius 1 is 1.12 bits per heavy atom. The molecule has 0 unspecified atom stereocenters. The average molecular weight is 239 g/mol. The fraction of sp³-hybridized carbons (Fsp3) is 0.846. The fourth-order valence-electron chi connectivity index (χ4n) is 2.64. The lowest BCUT2D eigenvalue weighted by Gasteiger charge is -2.32. The normalized spacial score (nSPS) is 25.0. The molecule has 0 aliphatic heterocycles. The van der Waals surface area contributed by atoms with Gasteiger partial charge in [0.2, 0.25) is 5.91 Å². The molecule has 4 heteroatoms. The van der Waals surface area contributed by atoms with Gasteiger partial charge in [-0.15, -0.1) is 0 Å². The highest BCUT2D eigenvalue weighted by atomic mass is 16.4. The van der Waals surface area contributed by atoms with E-state index in [1.807, 2.05) is 6.92 Å². The summed E-state index contributed by atoms with van der Waals surface area (Å²) in [5.74, 6) is -0.726. The Morgan fingerprint density at radius 2 is 1.71 bits per heavy atom. The molecule has 0 saturated heterocycles. The lowest BCUT2D eigenvalue weighted by molar-refractivity contribution is -0.143. The maximum absolute atomic E-state index is 12.1. The third-order valence-electron chi connectivity index (χ3n) is 4.40. The molecule has 0 spiro atoms. The molecule has 2 rings (SSSR count). The van der Waals surface area contributed by atoms with Crippen molar-refractivity contribution in [3.8, 4) is 0 Å². The van der Waals surface area contributed by atoms with E-state index in [0.29, 0.717) is 19.4 Å². The Morgan fingerprint density at radius 3 is 2.18 bits per heavy atom. The number of nitrogens with one attached hydrogen (secondary N) is 1. The minimum absolute atomic E-state index is 0.0460. The summed E-state index contributed by atoms with van der Waals surface area (Å²) in [5.41, 5.74) is -0.923. The van der Waals surface area contributed by atoms with Crippen molar-refractivity contribution in [3.63, 3.8) is 0 Å². The van der Waals surface area contributed by atoms with Crippen LogP contribution in [0.4, 0.5) is 0 Å². The van der Waals surface area contributed by atoms with Crippen LogP contribution in [0.3, 0.4) is 0 Å². The summed E-state index contributed by atoms with van der Waals surface area (Å²) in [6, 6.07) is 0. The molecular formula is C13H21NO3. The first-order chi connectivity index (χ1) is 7.99. The SMILES string of the molecule is CC1(C(=O)NCC2(C(=O)O)CC2)CCCCC1. The highest BCUT2D eigenvalue weighted by Crippen LogP contribution is 2.45. The van der Waals surface area contributed by atoms with Crippen molar-refractivity contribution >= 4 is 11.9 Å². The molecular weight excluding hydrogens is 218 g/mol. The van der Waals surface area contributed by atoms with E-state index in [1.54, 1.807) is 0 Å². The lowest BCUT2D eigenvalue weighted by Crippen LogP contribution is -2.43. The molecule has 1 amide bonds. The number of carboxylic acid groups (broad SMARTS) is 1. The van der Waals surface area contributed by atoms with E-state index >= 15 is 0 Å². The standard InChI is InChI=1S/C13H21NO3/c1-12(5-3-2-4-6-12)10(15)14-9-13(7-8-13)11(16)17/h2-9H2,1H3,(H,14,15)(H,16,17). The zero-order valence-corrected chi connectivity index (χ0v) is 10.4. The zero-order chi connectivity index (χ0) is 12.5. The summed E-state index contributed by atoms with van der Waals surface area (Å²) < 4.78 is 0. The smallest absolute Gasteiger partial charge is 0.311 e. The highest BCUT2D eigenvalue weighted by Gasteiger charge is 2.50. The Bertz CT molecular complexity index is 328. The molecule has 4 nitrogen and oxygen atoms in total. The van der Waals surface area contributed by atoms with Gasteiger partial charge in [-0.05, 0) is 25.7 Å². The number of carbonyl (C=O) groups is 2. The van der Waals surface area contributed by atoms with Crippen LogP contribution in [-0.4, -0.2) is 23.5 Å². The number of rotatable bonds is 4. The first kappa shape index (κ1) is 12.4. The quantitative estimate of drug-likeness (QED) is 0.787. The number of amides is 1.